The van der Waals surface area contributed by atoms with Crippen molar-refractivity contribution in [3.8, 4) is 5.75 Å². The molecule has 0 aliphatic heterocycles. The molecule has 0 spiro atoms. The molecule has 0 bridgehead atoms. The number of ether oxygens (including phenoxy) is 1. The first-order valence-electron chi connectivity index (χ1n) is 8.09. The number of anilines is 1. The van der Waals surface area contributed by atoms with Crippen LogP contribution in [0.4, 0.5) is 5.69 Å². The summed E-state index contributed by atoms with van der Waals surface area (Å²) in [7, 11) is -3.71. The molecule has 1 atom stereocenters. The van der Waals surface area contributed by atoms with Gasteiger partial charge in [0.25, 0.3) is 0 Å². The number of nitrogens with zero attached hydrogens (tertiary/aromatic N) is 1. The Kier molecular flexibility index (Phi) is 10.0. The summed E-state index contributed by atoms with van der Waals surface area (Å²) in [4.78, 5) is 12.0. The second-order valence-corrected chi connectivity index (χ2v) is 7.22. The molecule has 0 aliphatic rings. The molecule has 0 aliphatic carbocycles. The molecule has 3 N–H and O–H groups in total. The van der Waals surface area contributed by atoms with Gasteiger partial charge in [-0.2, -0.15) is 4.31 Å². The predicted molar refractivity (Wildman–Crippen MR) is 102 cm³/mol. The fourth-order valence-electron chi connectivity index (χ4n) is 2.14. The van der Waals surface area contributed by atoms with Crippen LogP contribution in [0.1, 0.15) is 27.7 Å². The van der Waals surface area contributed by atoms with Gasteiger partial charge in [-0.25, -0.2) is 8.42 Å². The average molecular weight is 394 g/mol. The highest BCUT2D eigenvalue weighted by molar-refractivity contribution is 7.89. The van der Waals surface area contributed by atoms with Crippen molar-refractivity contribution >= 4 is 34.0 Å². The molecule has 7 nitrogen and oxygen atoms in total. The van der Waals surface area contributed by atoms with Crippen LogP contribution in [-0.2, 0) is 14.8 Å². The summed E-state index contributed by atoms with van der Waals surface area (Å²) in [6.07, 6.45) is 0. The van der Waals surface area contributed by atoms with Gasteiger partial charge in [0, 0.05) is 31.2 Å². The number of nitrogens with one attached hydrogen (secondary N) is 1. The van der Waals surface area contributed by atoms with Gasteiger partial charge in [0.05, 0.1) is 6.61 Å². The minimum absolute atomic E-state index is 0. The maximum Gasteiger partial charge on any atom is 0.246 e. The van der Waals surface area contributed by atoms with E-state index in [1.807, 2.05) is 0 Å². The lowest BCUT2D eigenvalue weighted by Gasteiger charge is -2.21. The van der Waals surface area contributed by atoms with Crippen molar-refractivity contribution in [2.45, 2.75) is 32.6 Å². The van der Waals surface area contributed by atoms with Gasteiger partial charge in [-0.1, -0.05) is 20.8 Å². The summed E-state index contributed by atoms with van der Waals surface area (Å²) in [6, 6.07) is 4.61. The largest absolute Gasteiger partial charge is 0.492 e. The number of carbonyl (C=O) groups is 1. The van der Waals surface area contributed by atoms with Gasteiger partial charge in [-0.3, -0.25) is 4.79 Å². The number of sulfonamides is 1. The van der Waals surface area contributed by atoms with Gasteiger partial charge in [-0.05, 0) is 25.1 Å². The highest BCUT2D eigenvalue weighted by atomic mass is 35.5. The zero-order valence-electron chi connectivity index (χ0n) is 15.1. The average Bonchev–Trinajstić information content (AvgIpc) is 2.56. The summed E-state index contributed by atoms with van der Waals surface area (Å²) < 4.78 is 32.5. The summed E-state index contributed by atoms with van der Waals surface area (Å²) >= 11 is 0. The van der Waals surface area contributed by atoms with Crippen molar-refractivity contribution in [1.82, 2.24) is 4.31 Å². The van der Waals surface area contributed by atoms with E-state index < -0.39 is 10.0 Å². The second kappa shape index (κ2) is 10.6. The van der Waals surface area contributed by atoms with Crippen LogP contribution in [0.15, 0.2) is 23.1 Å². The maximum absolute atomic E-state index is 12.8. The van der Waals surface area contributed by atoms with E-state index in [0.717, 1.165) is 0 Å². The Balaban J connectivity index is 0.00000576. The fraction of sp³-hybridized carbons (Fsp3) is 0.562. The molecule has 0 heterocycles. The maximum atomic E-state index is 12.8. The molecule has 1 aromatic rings. The Morgan fingerprint density at radius 3 is 2.36 bits per heavy atom. The first kappa shape index (κ1) is 23.6. The number of nitrogens with two attached hydrogens (primary N) is 1. The molecule has 0 aromatic heterocycles. The Labute approximate surface area is 156 Å². The van der Waals surface area contributed by atoms with Crippen molar-refractivity contribution in [2.75, 3.05) is 31.6 Å². The van der Waals surface area contributed by atoms with E-state index in [2.05, 4.69) is 5.32 Å². The molecule has 144 valence electrons. The third-order valence-electron chi connectivity index (χ3n) is 3.64. The lowest BCUT2D eigenvalue weighted by molar-refractivity contribution is -0.119. The third-order valence-corrected chi connectivity index (χ3v) is 5.71. The molecule has 1 unspecified atom stereocenters. The van der Waals surface area contributed by atoms with E-state index in [9.17, 15) is 13.2 Å². The van der Waals surface area contributed by atoms with Crippen molar-refractivity contribution in [3.63, 3.8) is 0 Å². The summed E-state index contributed by atoms with van der Waals surface area (Å²) in [6.45, 7) is 8.30. The molecule has 0 saturated heterocycles. The lowest BCUT2D eigenvalue weighted by atomic mass is 10.1. The van der Waals surface area contributed by atoms with Crippen molar-refractivity contribution in [3.05, 3.63) is 18.2 Å². The number of hydrogen-bond donors (Lipinski definition) is 2. The molecule has 9 heteroatoms. The van der Waals surface area contributed by atoms with Gasteiger partial charge >= 0.3 is 0 Å². The van der Waals surface area contributed by atoms with Crippen LogP contribution >= 0.6 is 12.4 Å². The van der Waals surface area contributed by atoms with E-state index in [1.165, 1.54) is 10.4 Å². The zero-order chi connectivity index (χ0) is 18.3. The number of benzene rings is 1. The minimum atomic E-state index is -3.71. The minimum Gasteiger partial charge on any atom is -0.492 e. The van der Waals surface area contributed by atoms with Gasteiger partial charge in [0.2, 0.25) is 15.9 Å². The summed E-state index contributed by atoms with van der Waals surface area (Å²) in [5.74, 6) is -0.346. The van der Waals surface area contributed by atoms with E-state index >= 15 is 0 Å². The highest BCUT2D eigenvalue weighted by Crippen LogP contribution is 2.30. The van der Waals surface area contributed by atoms with Crippen molar-refractivity contribution in [1.29, 1.82) is 0 Å². The van der Waals surface area contributed by atoms with Crippen LogP contribution in [0.5, 0.6) is 5.75 Å². The Morgan fingerprint density at radius 2 is 1.88 bits per heavy atom. The predicted octanol–water partition coefficient (Wildman–Crippen LogP) is 2.07. The molecule has 1 rings (SSSR count). The zero-order valence-corrected chi connectivity index (χ0v) is 16.7. The monoisotopic (exact) mass is 393 g/mol. The van der Waals surface area contributed by atoms with Crippen molar-refractivity contribution in [2.24, 2.45) is 11.7 Å². The fourth-order valence-corrected chi connectivity index (χ4v) is 3.75. The van der Waals surface area contributed by atoms with Crippen LogP contribution in [0.25, 0.3) is 0 Å². The Hall–Kier alpha value is -1.35. The van der Waals surface area contributed by atoms with Crippen LogP contribution < -0.4 is 15.8 Å². The van der Waals surface area contributed by atoms with E-state index in [1.54, 1.807) is 39.8 Å². The van der Waals surface area contributed by atoms with Crippen molar-refractivity contribution < 1.29 is 17.9 Å². The lowest BCUT2D eigenvalue weighted by Crippen LogP contribution is -2.31. The Morgan fingerprint density at radius 1 is 1.28 bits per heavy atom. The summed E-state index contributed by atoms with van der Waals surface area (Å²) in [5, 5.41) is 2.69. The molecule has 1 amide bonds. The number of carbonyl (C=O) groups excluding carboxylic acids is 1. The number of amides is 1. The van der Waals surface area contributed by atoms with Crippen LogP contribution in [0.3, 0.4) is 0 Å². The quantitative estimate of drug-likeness (QED) is 0.668. The topological polar surface area (TPSA) is 102 Å². The smallest absolute Gasteiger partial charge is 0.246 e. The van der Waals surface area contributed by atoms with Crippen LogP contribution in [0.2, 0.25) is 0 Å². The second-order valence-electron chi connectivity index (χ2n) is 5.31. The van der Waals surface area contributed by atoms with Gasteiger partial charge in [0.1, 0.15) is 10.6 Å². The van der Waals surface area contributed by atoms with Crippen LogP contribution in [-0.4, -0.2) is 44.9 Å². The van der Waals surface area contributed by atoms with Gasteiger partial charge in [0.15, 0.2) is 0 Å². The molecule has 1 aromatic carbocycles. The normalized spacial score (nSPS) is 12.4. The first-order valence-corrected chi connectivity index (χ1v) is 9.53. The standard InChI is InChI=1S/C16H27N3O4S.ClH/c1-5-19(6-2)24(21,22)15-10-13(8-9-14(15)23-7-3)18-16(20)12(4)11-17;/h8-10,12H,5-7,11,17H2,1-4H3,(H,18,20);1H. The molecule has 0 radical (unpaired) electrons. The third kappa shape index (κ3) is 5.85. The van der Waals surface area contributed by atoms with E-state index in [4.69, 9.17) is 10.5 Å². The molecule has 0 fully saturated rings. The SMILES string of the molecule is CCOc1ccc(NC(=O)C(C)CN)cc1S(=O)(=O)N(CC)CC.Cl. The highest BCUT2D eigenvalue weighted by Gasteiger charge is 2.26. The first-order chi connectivity index (χ1) is 11.3. The Bertz CT molecular complexity index is 663. The van der Waals surface area contributed by atoms with E-state index in [-0.39, 0.29) is 41.4 Å². The van der Waals surface area contributed by atoms with Gasteiger partial charge < -0.3 is 15.8 Å². The van der Waals surface area contributed by atoms with Gasteiger partial charge in [-0.15, -0.1) is 12.4 Å². The molecular formula is C16H28ClN3O4S. The molecule has 0 saturated carbocycles. The van der Waals surface area contributed by atoms with E-state index in [0.29, 0.717) is 25.4 Å². The van der Waals surface area contributed by atoms with Crippen LogP contribution in [0, 0.1) is 5.92 Å². The molecular weight excluding hydrogens is 366 g/mol. The number of hydrogen-bond acceptors (Lipinski definition) is 5. The summed E-state index contributed by atoms with van der Waals surface area (Å²) in [5.41, 5.74) is 5.88. The number of halogens is 1. The number of rotatable bonds is 9. The molecule has 25 heavy (non-hydrogen) atoms.